The zero-order valence-corrected chi connectivity index (χ0v) is 11.0. The highest BCUT2D eigenvalue weighted by molar-refractivity contribution is 9.10. The minimum absolute atomic E-state index is 0.107. The summed E-state index contributed by atoms with van der Waals surface area (Å²) in [6.45, 7) is 1.87. The second-order valence-corrected chi connectivity index (χ2v) is 4.10. The number of carbonyl (C=O) groups is 2. The smallest absolute Gasteiger partial charge is 0.375 e. The van der Waals surface area contributed by atoms with Crippen LogP contribution in [0.4, 0.5) is 0 Å². The third kappa shape index (κ3) is 2.38. The normalized spacial score (nSPS) is 10.3. The SMILES string of the molecule is CCOC(=O)c1oc(Br)cc1C(=O)c1ccco1. The van der Waals surface area contributed by atoms with E-state index < -0.39 is 11.8 Å². The minimum Gasteiger partial charge on any atom is -0.461 e. The molecule has 0 aromatic carbocycles. The molecule has 0 saturated carbocycles. The summed E-state index contributed by atoms with van der Waals surface area (Å²) in [5, 5.41) is 0. The lowest BCUT2D eigenvalue weighted by molar-refractivity contribution is 0.0485. The van der Waals surface area contributed by atoms with Crippen molar-refractivity contribution in [2.45, 2.75) is 6.92 Å². The molecule has 0 aliphatic carbocycles. The van der Waals surface area contributed by atoms with Crippen LogP contribution in [0.15, 0.2) is 38.0 Å². The maximum Gasteiger partial charge on any atom is 0.375 e. The predicted octanol–water partition coefficient (Wildman–Crippen LogP) is 3.04. The molecular formula is C12H9BrO5. The largest absolute Gasteiger partial charge is 0.461 e. The van der Waals surface area contributed by atoms with E-state index in [1.807, 2.05) is 0 Å². The van der Waals surface area contributed by atoms with Gasteiger partial charge in [0.1, 0.15) is 0 Å². The Morgan fingerprint density at radius 1 is 1.44 bits per heavy atom. The second-order valence-electron chi connectivity index (χ2n) is 3.32. The summed E-state index contributed by atoms with van der Waals surface area (Å²) in [4.78, 5) is 23.7. The van der Waals surface area contributed by atoms with E-state index in [1.54, 1.807) is 13.0 Å². The maximum absolute atomic E-state index is 12.1. The number of ketones is 1. The van der Waals surface area contributed by atoms with Crippen molar-refractivity contribution in [2.75, 3.05) is 6.61 Å². The first-order valence-electron chi connectivity index (χ1n) is 5.18. The van der Waals surface area contributed by atoms with Crippen LogP contribution >= 0.6 is 15.9 Å². The Kier molecular flexibility index (Phi) is 3.66. The quantitative estimate of drug-likeness (QED) is 0.641. The van der Waals surface area contributed by atoms with Crippen LogP contribution in [-0.2, 0) is 4.74 Å². The molecule has 0 radical (unpaired) electrons. The van der Waals surface area contributed by atoms with Gasteiger partial charge in [0.2, 0.25) is 11.5 Å². The first-order chi connectivity index (χ1) is 8.63. The molecule has 0 atom stereocenters. The second kappa shape index (κ2) is 5.22. The van der Waals surface area contributed by atoms with E-state index in [9.17, 15) is 9.59 Å². The van der Waals surface area contributed by atoms with Crippen LogP contribution in [0, 0.1) is 0 Å². The fraction of sp³-hybridized carbons (Fsp3) is 0.167. The number of furan rings is 2. The average molecular weight is 313 g/mol. The molecule has 6 heteroatoms. The number of halogens is 1. The number of ether oxygens (including phenoxy) is 1. The lowest BCUT2D eigenvalue weighted by Crippen LogP contribution is -2.09. The van der Waals surface area contributed by atoms with Gasteiger partial charge in [0.05, 0.1) is 18.4 Å². The third-order valence-corrected chi connectivity index (χ3v) is 2.54. The van der Waals surface area contributed by atoms with Crippen molar-refractivity contribution >= 4 is 27.7 Å². The summed E-state index contributed by atoms with van der Waals surface area (Å²) in [7, 11) is 0. The molecule has 0 spiro atoms. The third-order valence-electron chi connectivity index (χ3n) is 2.15. The molecule has 2 heterocycles. The fourth-order valence-electron chi connectivity index (χ4n) is 1.42. The summed E-state index contributed by atoms with van der Waals surface area (Å²) >= 11 is 3.08. The molecular weight excluding hydrogens is 304 g/mol. The number of carbonyl (C=O) groups excluding carboxylic acids is 2. The first kappa shape index (κ1) is 12.6. The molecule has 18 heavy (non-hydrogen) atoms. The summed E-state index contributed by atoms with van der Waals surface area (Å²) in [5.74, 6) is -1.12. The van der Waals surface area contributed by atoms with E-state index in [0.717, 1.165) is 0 Å². The predicted molar refractivity (Wildman–Crippen MR) is 64.5 cm³/mol. The van der Waals surface area contributed by atoms with E-state index in [4.69, 9.17) is 13.6 Å². The topological polar surface area (TPSA) is 69.7 Å². The van der Waals surface area contributed by atoms with Gasteiger partial charge in [-0.2, -0.15) is 0 Å². The average Bonchev–Trinajstić information content (AvgIpc) is 2.97. The Morgan fingerprint density at radius 3 is 2.83 bits per heavy atom. The summed E-state index contributed by atoms with van der Waals surface area (Å²) < 4.78 is 15.2. The number of esters is 1. The van der Waals surface area contributed by atoms with Gasteiger partial charge in [-0.15, -0.1) is 0 Å². The first-order valence-corrected chi connectivity index (χ1v) is 5.97. The van der Waals surface area contributed by atoms with Crippen LogP contribution in [0.1, 0.15) is 33.6 Å². The van der Waals surface area contributed by atoms with Crippen molar-refractivity contribution in [1.82, 2.24) is 0 Å². The van der Waals surface area contributed by atoms with Crippen molar-refractivity contribution in [3.8, 4) is 0 Å². The molecule has 2 aromatic rings. The molecule has 0 N–H and O–H groups in total. The van der Waals surface area contributed by atoms with E-state index in [-0.39, 0.29) is 28.4 Å². The molecule has 5 nitrogen and oxygen atoms in total. The zero-order valence-electron chi connectivity index (χ0n) is 9.44. The monoisotopic (exact) mass is 312 g/mol. The Labute approximate surface area is 111 Å². The molecule has 2 aromatic heterocycles. The van der Waals surface area contributed by atoms with Gasteiger partial charge in [0.15, 0.2) is 10.4 Å². The number of rotatable bonds is 4. The van der Waals surface area contributed by atoms with E-state index in [2.05, 4.69) is 15.9 Å². The van der Waals surface area contributed by atoms with Gasteiger partial charge in [-0.05, 0) is 35.0 Å². The van der Waals surface area contributed by atoms with Crippen molar-refractivity contribution in [1.29, 1.82) is 0 Å². The van der Waals surface area contributed by atoms with Gasteiger partial charge in [-0.3, -0.25) is 4.79 Å². The Balaban J connectivity index is 2.39. The molecule has 0 aliphatic heterocycles. The molecule has 0 aliphatic rings. The van der Waals surface area contributed by atoms with Gasteiger partial charge in [0.25, 0.3) is 0 Å². The lowest BCUT2D eigenvalue weighted by Gasteiger charge is -2.00. The Morgan fingerprint density at radius 2 is 2.22 bits per heavy atom. The number of hydrogen-bond donors (Lipinski definition) is 0. The zero-order chi connectivity index (χ0) is 13.1. The standard InChI is InChI=1S/C12H9BrO5/c1-2-16-12(15)11-7(6-9(13)18-11)10(14)8-4-3-5-17-8/h3-6H,2H2,1H3. The highest BCUT2D eigenvalue weighted by Crippen LogP contribution is 2.24. The van der Waals surface area contributed by atoms with Crippen LogP contribution in [0.5, 0.6) is 0 Å². The van der Waals surface area contributed by atoms with Gasteiger partial charge < -0.3 is 13.6 Å². The number of hydrogen-bond acceptors (Lipinski definition) is 5. The highest BCUT2D eigenvalue weighted by atomic mass is 79.9. The lowest BCUT2D eigenvalue weighted by atomic mass is 10.1. The van der Waals surface area contributed by atoms with Crippen LogP contribution in [0.3, 0.4) is 0 Å². The van der Waals surface area contributed by atoms with E-state index in [0.29, 0.717) is 0 Å². The van der Waals surface area contributed by atoms with E-state index in [1.165, 1.54) is 18.4 Å². The van der Waals surface area contributed by atoms with Gasteiger partial charge in [0, 0.05) is 6.07 Å². The molecule has 2 rings (SSSR count). The van der Waals surface area contributed by atoms with Crippen LogP contribution in [0.25, 0.3) is 0 Å². The molecule has 0 amide bonds. The fourth-order valence-corrected chi connectivity index (χ4v) is 1.81. The van der Waals surface area contributed by atoms with Crippen molar-refractivity contribution in [2.24, 2.45) is 0 Å². The summed E-state index contributed by atoms with van der Waals surface area (Å²) in [5.41, 5.74) is 0.107. The summed E-state index contributed by atoms with van der Waals surface area (Å²) in [6, 6.07) is 4.52. The van der Waals surface area contributed by atoms with Gasteiger partial charge >= 0.3 is 5.97 Å². The van der Waals surface area contributed by atoms with Crippen LogP contribution < -0.4 is 0 Å². The molecule has 0 unspecified atom stereocenters. The van der Waals surface area contributed by atoms with Crippen molar-refractivity contribution in [3.63, 3.8) is 0 Å². The maximum atomic E-state index is 12.1. The van der Waals surface area contributed by atoms with E-state index >= 15 is 0 Å². The molecule has 94 valence electrons. The van der Waals surface area contributed by atoms with Gasteiger partial charge in [-0.1, -0.05) is 0 Å². The van der Waals surface area contributed by atoms with Crippen LogP contribution in [-0.4, -0.2) is 18.4 Å². The Bertz CT molecular complexity index is 567. The summed E-state index contributed by atoms with van der Waals surface area (Å²) in [6.07, 6.45) is 1.38. The highest BCUT2D eigenvalue weighted by Gasteiger charge is 2.26. The van der Waals surface area contributed by atoms with Crippen molar-refractivity contribution in [3.05, 3.63) is 46.2 Å². The van der Waals surface area contributed by atoms with Gasteiger partial charge in [-0.25, -0.2) is 4.79 Å². The minimum atomic E-state index is -0.682. The Hall–Kier alpha value is -1.82. The molecule has 0 fully saturated rings. The van der Waals surface area contributed by atoms with Crippen LogP contribution in [0.2, 0.25) is 0 Å². The van der Waals surface area contributed by atoms with Crippen molar-refractivity contribution < 1.29 is 23.2 Å². The molecule has 0 bridgehead atoms. The molecule has 0 saturated heterocycles.